The summed E-state index contributed by atoms with van der Waals surface area (Å²) in [7, 11) is 1.77. The number of hydrogen-bond acceptors (Lipinski definition) is 4. The average Bonchev–Trinajstić information content (AvgIpc) is 3.13. The number of carbonyl (C=O) groups is 1. The molecule has 1 atom stereocenters. The highest BCUT2D eigenvalue weighted by Gasteiger charge is 2.29. The fraction of sp³-hybridized carbons (Fsp3) is 0.577. The van der Waals surface area contributed by atoms with Crippen LogP contribution in [0.5, 0.6) is 5.75 Å². The summed E-state index contributed by atoms with van der Waals surface area (Å²) in [4.78, 5) is 19.6. The second kappa shape index (κ2) is 14.2. The Labute approximate surface area is 215 Å². The summed E-state index contributed by atoms with van der Waals surface area (Å²) < 4.78 is 5.54. The number of likely N-dealkylation sites (tertiary alicyclic amines) is 2. The van der Waals surface area contributed by atoms with Crippen molar-refractivity contribution in [3.8, 4) is 5.75 Å². The van der Waals surface area contributed by atoms with E-state index in [1.807, 2.05) is 17.4 Å². The molecule has 2 aliphatic rings. The van der Waals surface area contributed by atoms with Crippen LogP contribution in [0.1, 0.15) is 67.2 Å². The van der Waals surface area contributed by atoms with Gasteiger partial charge in [-0.15, -0.1) is 36.2 Å². The zero-order valence-electron chi connectivity index (χ0n) is 19.6. The van der Waals surface area contributed by atoms with Gasteiger partial charge in [0.2, 0.25) is 5.91 Å². The van der Waals surface area contributed by atoms with Crippen LogP contribution in [0, 0.1) is 0 Å². The molecular weight excluding hydrogens is 475 g/mol. The van der Waals surface area contributed by atoms with Gasteiger partial charge in [-0.05, 0) is 74.7 Å². The molecule has 7 heteroatoms. The van der Waals surface area contributed by atoms with Crippen molar-refractivity contribution >= 4 is 42.1 Å². The van der Waals surface area contributed by atoms with E-state index in [1.165, 1.54) is 36.1 Å². The molecule has 0 bridgehead atoms. The fourth-order valence-electron chi connectivity index (χ4n) is 5.14. The molecule has 2 aliphatic heterocycles. The summed E-state index contributed by atoms with van der Waals surface area (Å²) in [6.07, 6.45) is 8.06. The molecule has 2 fully saturated rings. The lowest BCUT2D eigenvalue weighted by atomic mass is 9.91. The first kappa shape index (κ1) is 28.0. The van der Waals surface area contributed by atoms with Crippen LogP contribution < -0.4 is 4.74 Å². The van der Waals surface area contributed by atoms with E-state index < -0.39 is 0 Å². The van der Waals surface area contributed by atoms with E-state index in [0.717, 1.165) is 57.7 Å². The van der Waals surface area contributed by atoms with Crippen LogP contribution in [-0.2, 0) is 4.79 Å². The quantitative estimate of drug-likeness (QED) is 0.432. The molecule has 0 saturated carbocycles. The fourth-order valence-corrected chi connectivity index (χ4v) is 6.17. The molecule has 0 radical (unpaired) electrons. The molecule has 184 valence electrons. The molecule has 1 aromatic heterocycles. The highest BCUT2D eigenvalue weighted by Crippen LogP contribution is 2.38. The van der Waals surface area contributed by atoms with Crippen LogP contribution in [0.4, 0.5) is 0 Å². The predicted octanol–water partition coefficient (Wildman–Crippen LogP) is 6.36. The molecular formula is C26H38Cl2N2O2S. The van der Waals surface area contributed by atoms with Gasteiger partial charge in [0.15, 0.2) is 0 Å². The molecule has 1 amide bonds. The summed E-state index contributed by atoms with van der Waals surface area (Å²) in [6.45, 7) is 5.05. The number of piperidine rings is 1. The van der Waals surface area contributed by atoms with Gasteiger partial charge >= 0.3 is 0 Å². The number of nitrogens with zero attached hydrogens (tertiary/aromatic N) is 2. The summed E-state index contributed by atoms with van der Waals surface area (Å²) in [5, 5.41) is 2.14. The summed E-state index contributed by atoms with van der Waals surface area (Å²) in [5.74, 6) is 1.98. The Morgan fingerprint density at radius 3 is 2.30 bits per heavy atom. The monoisotopic (exact) mass is 512 g/mol. The molecule has 0 N–H and O–H groups in total. The standard InChI is InChI=1S/C26H36N2O2S.2ClH/c1-30-24-14-20-31-25(24)22-11-17-27(18-12-22)19-13-23(21-9-5-4-6-10-21)26(29)28-15-7-2-3-8-16-28;;/h4-6,9-10,14,20,22-23H,2-3,7-8,11-13,15-19H2,1H3;2*1H/t23-;;/m0../s1. The zero-order valence-corrected chi connectivity index (χ0v) is 22.1. The summed E-state index contributed by atoms with van der Waals surface area (Å²) in [6, 6.07) is 12.5. The Morgan fingerprint density at radius 2 is 1.67 bits per heavy atom. The molecule has 2 aromatic rings. The second-order valence-corrected chi connectivity index (χ2v) is 9.91. The average molecular weight is 514 g/mol. The number of methoxy groups -OCH3 is 1. The number of thiophene rings is 1. The van der Waals surface area contributed by atoms with Crippen molar-refractivity contribution in [3.05, 3.63) is 52.2 Å². The first-order valence-corrected chi connectivity index (χ1v) is 12.8. The van der Waals surface area contributed by atoms with E-state index in [4.69, 9.17) is 4.74 Å². The van der Waals surface area contributed by atoms with Crippen LogP contribution in [0.2, 0.25) is 0 Å². The number of rotatable bonds is 7. The van der Waals surface area contributed by atoms with Crippen molar-refractivity contribution in [2.45, 2.75) is 56.8 Å². The lowest BCUT2D eigenvalue weighted by molar-refractivity contribution is -0.133. The van der Waals surface area contributed by atoms with Crippen LogP contribution >= 0.6 is 36.2 Å². The van der Waals surface area contributed by atoms with Gasteiger partial charge < -0.3 is 14.5 Å². The minimum atomic E-state index is -0.0191. The van der Waals surface area contributed by atoms with Gasteiger partial charge in [0.1, 0.15) is 5.75 Å². The molecule has 0 unspecified atom stereocenters. The number of carbonyl (C=O) groups excluding carboxylic acids is 1. The third kappa shape index (κ3) is 7.35. The normalized spacial score (nSPS) is 18.5. The van der Waals surface area contributed by atoms with E-state index in [9.17, 15) is 4.79 Å². The second-order valence-electron chi connectivity index (χ2n) is 8.96. The smallest absolute Gasteiger partial charge is 0.230 e. The van der Waals surface area contributed by atoms with E-state index in [0.29, 0.717) is 11.8 Å². The molecule has 4 nitrogen and oxygen atoms in total. The van der Waals surface area contributed by atoms with Gasteiger partial charge in [-0.25, -0.2) is 0 Å². The Hall–Kier alpha value is -1.27. The molecule has 3 heterocycles. The molecule has 0 aliphatic carbocycles. The molecule has 0 spiro atoms. The maximum Gasteiger partial charge on any atom is 0.230 e. The van der Waals surface area contributed by atoms with Crippen molar-refractivity contribution in [1.82, 2.24) is 9.80 Å². The van der Waals surface area contributed by atoms with Crippen molar-refractivity contribution in [3.63, 3.8) is 0 Å². The summed E-state index contributed by atoms with van der Waals surface area (Å²) >= 11 is 1.83. The zero-order chi connectivity index (χ0) is 21.5. The van der Waals surface area contributed by atoms with E-state index >= 15 is 0 Å². The third-order valence-electron chi connectivity index (χ3n) is 6.99. The Morgan fingerprint density at radius 1 is 1.00 bits per heavy atom. The first-order chi connectivity index (χ1) is 15.3. The SMILES string of the molecule is COc1ccsc1C1CCN(CC[C@H](C(=O)N2CCCCCC2)c2ccccc2)CC1.Cl.Cl. The lowest BCUT2D eigenvalue weighted by Gasteiger charge is -2.33. The van der Waals surface area contributed by atoms with Gasteiger partial charge in [-0.2, -0.15) is 0 Å². The summed E-state index contributed by atoms with van der Waals surface area (Å²) in [5.41, 5.74) is 1.18. The topological polar surface area (TPSA) is 32.8 Å². The van der Waals surface area contributed by atoms with E-state index in [1.54, 1.807) is 7.11 Å². The van der Waals surface area contributed by atoms with Crippen LogP contribution in [0.3, 0.4) is 0 Å². The molecule has 1 aromatic carbocycles. The van der Waals surface area contributed by atoms with Crippen molar-refractivity contribution in [2.24, 2.45) is 0 Å². The van der Waals surface area contributed by atoms with Crippen molar-refractivity contribution in [1.29, 1.82) is 0 Å². The van der Waals surface area contributed by atoms with E-state index in [-0.39, 0.29) is 30.7 Å². The number of ether oxygens (including phenoxy) is 1. The maximum atomic E-state index is 13.5. The minimum absolute atomic E-state index is 0. The maximum absolute atomic E-state index is 13.5. The van der Waals surface area contributed by atoms with Gasteiger partial charge in [0.25, 0.3) is 0 Å². The third-order valence-corrected chi connectivity index (χ3v) is 8.05. The highest BCUT2D eigenvalue weighted by atomic mass is 35.5. The lowest BCUT2D eigenvalue weighted by Crippen LogP contribution is -2.39. The number of amides is 1. The molecule has 4 rings (SSSR count). The predicted molar refractivity (Wildman–Crippen MR) is 143 cm³/mol. The van der Waals surface area contributed by atoms with Crippen LogP contribution in [0.15, 0.2) is 41.8 Å². The highest BCUT2D eigenvalue weighted by molar-refractivity contribution is 7.10. The molecule has 2 saturated heterocycles. The van der Waals surface area contributed by atoms with Crippen molar-refractivity contribution < 1.29 is 9.53 Å². The van der Waals surface area contributed by atoms with Crippen LogP contribution in [0.25, 0.3) is 0 Å². The van der Waals surface area contributed by atoms with Crippen LogP contribution in [-0.4, -0.2) is 55.5 Å². The van der Waals surface area contributed by atoms with Crippen molar-refractivity contribution in [2.75, 3.05) is 39.8 Å². The van der Waals surface area contributed by atoms with E-state index in [2.05, 4.69) is 45.5 Å². The molecule has 33 heavy (non-hydrogen) atoms. The first-order valence-electron chi connectivity index (χ1n) is 11.9. The number of hydrogen-bond donors (Lipinski definition) is 0. The number of benzene rings is 1. The Kier molecular flexibility index (Phi) is 12.0. The van der Waals surface area contributed by atoms with Gasteiger partial charge in [0.05, 0.1) is 13.0 Å². The minimum Gasteiger partial charge on any atom is -0.496 e. The van der Waals surface area contributed by atoms with Gasteiger partial charge in [-0.1, -0.05) is 43.2 Å². The number of halogens is 2. The largest absolute Gasteiger partial charge is 0.496 e. The van der Waals surface area contributed by atoms with Gasteiger partial charge in [-0.3, -0.25) is 4.79 Å². The Balaban J connectivity index is 0.00000193. The Bertz CT molecular complexity index is 817. The van der Waals surface area contributed by atoms with Gasteiger partial charge in [0, 0.05) is 18.0 Å².